The van der Waals surface area contributed by atoms with E-state index in [0.717, 1.165) is 41.3 Å². The van der Waals surface area contributed by atoms with Crippen molar-refractivity contribution in [2.24, 2.45) is 0 Å². The molecule has 0 fully saturated rings. The van der Waals surface area contributed by atoms with E-state index in [2.05, 4.69) is 43.4 Å². The van der Waals surface area contributed by atoms with Gasteiger partial charge >= 0.3 is 0 Å². The molecule has 3 rings (SSSR count). The summed E-state index contributed by atoms with van der Waals surface area (Å²) in [5, 5.41) is 3.67. The molecule has 0 bridgehead atoms. The van der Waals surface area contributed by atoms with E-state index in [0.29, 0.717) is 13.2 Å². The Hall–Kier alpha value is -2.20. The van der Waals surface area contributed by atoms with E-state index in [1.54, 1.807) is 7.11 Å². The third-order valence-corrected chi connectivity index (χ3v) is 4.88. The third-order valence-electron chi connectivity index (χ3n) is 4.88. The Balaban J connectivity index is 2.07. The molecule has 1 N–H and O–H groups in total. The molecule has 0 saturated heterocycles. The maximum Gasteiger partial charge on any atom is 0.161 e. The highest BCUT2D eigenvalue weighted by atomic mass is 16.5. The van der Waals surface area contributed by atoms with E-state index < -0.39 is 0 Å². The average Bonchev–Trinajstić information content (AvgIpc) is 2.62. The van der Waals surface area contributed by atoms with Crippen LogP contribution in [0.4, 0.5) is 0 Å². The fourth-order valence-electron chi connectivity index (χ4n) is 3.87. The quantitative estimate of drug-likeness (QED) is 0.836. The van der Waals surface area contributed by atoms with E-state index in [1.807, 2.05) is 13.8 Å². The van der Waals surface area contributed by atoms with Gasteiger partial charge in [0.1, 0.15) is 5.75 Å². The van der Waals surface area contributed by atoms with Crippen molar-refractivity contribution < 1.29 is 14.2 Å². The average molecular weight is 355 g/mol. The SMILES string of the molecule is CCOc1cc2c(cc1OCC)C(c1cc(C)c(OC)c(C)c1)NCC2. The van der Waals surface area contributed by atoms with Gasteiger partial charge in [0.2, 0.25) is 0 Å². The Morgan fingerprint density at radius 2 is 1.58 bits per heavy atom. The zero-order chi connectivity index (χ0) is 18.7. The van der Waals surface area contributed by atoms with Gasteiger partial charge in [-0.2, -0.15) is 0 Å². The van der Waals surface area contributed by atoms with Crippen LogP contribution in [0.3, 0.4) is 0 Å². The Morgan fingerprint density at radius 3 is 2.15 bits per heavy atom. The summed E-state index contributed by atoms with van der Waals surface area (Å²) in [4.78, 5) is 0. The molecule has 4 heteroatoms. The van der Waals surface area contributed by atoms with Gasteiger partial charge in [0.05, 0.1) is 26.4 Å². The summed E-state index contributed by atoms with van der Waals surface area (Å²) in [6.07, 6.45) is 0.992. The standard InChI is InChI=1S/C22H29NO3/c1-6-25-19-12-16-8-9-23-21(18(16)13-20(19)26-7-2)17-10-14(3)22(24-5)15(4)11-17/h10-13,21,23H,6-9H2,1-5H3. The van der Waals surface area contributed by atoms with Gasteiger partial charge < -0.3 is 19.5 Å². The van der Waals surface area contributed by atoms with Gasteiger partial charge in [-0.15, -0.1) is 0 Å². The number of benzene rings is 2. The number of hydrogen-bond acceptors (Lipinski definition) is 4. The monoisotopic (exact) mass is 355 g/mol. The molecule has 0 aromatic heterocycles. The highest BCUT2D eigenvalue weighted by Crippen LogP contribution is 2.39. The summed E-state index contributed by atoms with van der Waals surface area (Å²) >= 11 is 0. The number of nitrogens with one attached hydrogen (secondary N) is 1. The van der Waals surface area contributed by atoms with Crippen LogP contribution >= 0.6 is 0 Å². The Kier molecular flexibility index (Phi) is 5.72. The first-order valence-electron chi connectivity index (χ1n) is 9.39. The maximum absolute atomic E-state index is 5.85. The third kappa shape index (κ3) is 3.51. The largest absolute Gasteiger partial charge is 0.496 e. The highest BCUT2D eigenvalue weighted by molar-refractivity contribution is 5.53. The zero-order valence-electron chi connectivity index (χ0n) is 16.4. The summed E-state index contributed by atoms with van der Waals surface area (Å²) in [6.45, 7) is 10.4. The first kappa shape index (κ1) is 18.6. The van der Waals surface area contributed by atoms with Crippen molar-refractivity contribution in [2.75, 3.05) is 26.9 Å². The smallest absolute Gasteiger partial charge is 0.161 e. The van der Waals surface area contributed by atoms with Crippen LogP contribution in [0.25, 0.3) is 0 Å². The molecular formula is C22H29NO3. The fourth-order valence-corrected chi connectivity index (χ4v) is 3.87. The van der Waals surface area contributed by atoms with Crippen LogP contribution in [0, 0.1) is 13.8 Å². The molecule has 1 aliphatic rings. The molecule has 1 atom stereocenters. The van der Waals surface area contributed by atoms with E-state index in [1.165, 1.54) is 16.7 Å². The number of hydrogen-bond donors (Lipinski definition) is 1. The molecule has 0 aliphatic carbocycles. The number of fused-ring (bicyclic) bond motifs is 1. The predicted octanol–water partition coefficient (Wildman–Crippen LogP) is 4.34. The van der Waals surface area contributed by atoms with Crippen LogP contribution in [0.15, 0.2) is 24.3 Å². The van der Waals surface area contributed by atoms with Crippen LogP contribution in [-0.4, -0.2) is 26.9 Å². The van der Waals surface area contributed by atoms with Crippen molar-refractivity contribution in [3.05, 3.63) is 52.1 Å². The van der Waals surface area contributed by atoms with Gasteiger partial charge in [0.25, 0.3) is 0 Å². The van der Waals surface area contributed by atoms with Gasteiger partial charge in [0.15, 0.2) is 11.5 Å². The van der Waals surface area contributed by atoms with Crippen molar-refractivity contribution in [3.63, 3.8) is 0 Å². The normalized spacial score (nSPS) is 16.1. The van der Waals surface area contributed by atoms with E-state index in [4.69, 9.17) is 14.2 Å². The van der Waals surface area contributed by atoms with Gasteiger partial charge in [0, 0.05) is 6.54 Å². The summed E-state index contributed by atoms with van der Waals surface area (Å²) in [7, 11) is 1.73. The molecule has 1 aliphatic heterocycles. The molecule has 0 amide bonds. The van der Waals surface area contributed by atoms with Crippen LogP contribution < -0.4 is 19.5 Å². The minimum Gasteiger partial charge on any atom is -0.496 e. The molecule has 140 valence electrons. The van der Waals surface area contributed by atoms with Gasteiger partial charge in [-0.25, -0.2) is 0 Å². The summed E-state index contributed by atoms with van der Waals surface area (Å²) < 4.78 is 17.2. The Labute approximate surface area is 156 Å². The lowest BCUT2D eigenvalue weighted by Crippen LogP contribution is -2.30. The molecule has 1 unspecified atom stereocenters. The minimum absolute atomic E-state index is 0.150. The van der Waals surface area contributed by atoms with Crippen LogP contribution in [0.1, 0.15) is 47.7 Å². The molecule has 0 spiro atoms. The summed E-state index contributed by atoms with van der Waals surface area (Å²) in [6, 6.07) is 8.89. The minimum atomic E-state index is 0.150. The Bertz CT molecular complexity index is 762. The van der Waals surface area contributed by atoms with E-state index in [-0.39, 0.29) is 6.04 Å². The molecular weight excluding hydrogens is 326 g/mol. The number of ether oxygens (including phenoxy) is 3. The topological polar surface area (TPSA) is 39.7 Å². The van der Waals surface area contributed by atoms with Crippen molar-refractivity contribution >= 4 is 0 Å². The first-order valence-corrected chi connectivity index (χ1v) is 9.39. The lowest BCUT2D eigenvalue weighted by atomic mass is 9.88. The molecule has 0 saturated carbocycles. The van der Waals surface area contributed by atoms with Crippen LogP contribution in [-0.2, 0) is 6.42 Å². The predicted molar refractivity (Wildman–Crippen MR) is 105 cm³/mol. The number of aryl methyl sites for hydroxylation is 2. The lowest BCUT2D eigenvalue weighted by Gasteiger charge is -2.29. The van der Waals surface area contributed by atoms with Crippen molar-refractivity contribution in [2.45, 2.75) is 40.2 Å². The molecule has 1 heterocycles. The molecule has 4 nitrogen and oxygen atoms in total. The lowest BCUT2D eigenvalue weighted by molar-refractivity contribution is 0.286. The Morgan fingerprint density at radius 1 is 0.962 bits per heavy atom. The van der Waals surface area contributed by atoms with Gasteiger partial charge in [-0.1, -0.05) is 12.1 Å². The van der Waals surface area contributed by atoms with Crippen molar-refractivity contribution in [3.8, 4) is 17.2 Å². The molecule has 26 heavy (non-hydrogen) atoms. The van der Waals surface area contributed by atoms with Gasteiger partial charge in [-0.3, -0.25) is 0 Å². The fraction of sp³-hybridized carbons (Fsp3) is 0.455. The first-order chi connectivity index (χ1) is 12.6. The molecule has 2 aromatic carbocycles. The zero-order valence-corrected chi connectivity index (χ0v) is 16.4. The summed E-state index contributed by atoms with van der Waals surface area (Å²) in [5.41, 5.74) is 6.17. The van der Waals surface area contributed by atoms with Gasteiger partial charge in [-0.05, 0) is 74.1 Å². The van der Waals surface area contributed by atoms with Crippen LogP contribution in [0.5, 0.6) is 17.2 Å². The summed E-state index contributed by atoms with van der Waals surface area (Å²) in [5.74, 6) is 2.63. The van der Waals surface area contributed by atoms with Crippen molar-refractivity contribution in [1.29, 1.82) is 0 Å². The second-order valence-electron chi connectivity index (χ2n) is 6.69. The second-order valence-corrected chi connectivity index (χ2v) is 6.69. The van der Waals surface area contributed by atoms with Crippen molar-refractivity contribution in [1.82, 2.24) is 5.32 Å². The maximum atomic E-state index is 5.85. The van der Waals surface area contributed by atoms with E-state index in [9.17, 15) is 0 Å². The highest BCUT2D eigenvalue weighted by Gasteiger charge is 2.25. The number of methoxy groups -OCH3 is 1. The molecule has 0 radical (unpaired) electrons. The van der Waals surface area contributed by atoms with E-state index >= 15 is 0 Å². The van der Waals surface area contributed by atoms with Crippen LogP contribution in [0.2, 0.25) is 0 Å². The number of rotatable bonds is 6. The molecule has 2 aromatic rings. The second kappa shape index (κ2) is 8.00.